The molecule has 13 heavy (non-hydrogen) atoms. The zero-order valence-corrected chi connectivity index (χ0v) is 8.25. The highest BCUT2D eigenvalue weighted by molar-refractivity contribution is 7.88. The summed E-state index contributed by atoms with van der Waals surface area (Å²) in [6, 6.07) is -0.858. The highest BCUT2D eigenvalue weighted by atomic mass is 32.2. The van der Waals surface area contributed by atoms with Gasteiger partial charge in [0.1, 0.15) is 6.04 Å². The van der Waals surface area contributed by atoms with E-state index in [9.17, 15) is 13.2 Å². The summed E-state index contributed by atoms with van der Waals surface area (Å²) in [5.74, 6) is -1.05. The molecule has 0 unspecified atom stereocenters. The Balaban J connectivity index is 2.86. The topological polar surface area (TPSA) is 74.7 Å². The summed E-state index contributed by atoms with van der Waals surface area (Å²) in [7, 11) is -3.37. The van der Waals surface area contributed by atoms with Gasteiger partial charge in [-0.3, -0.25) is 4.79 Å². The van der Waals surface area contributed by atoms with E-state index in [1.807, 2.05) is 0 Å². The van der Waals surface area contributed by atoms with Crippen molar-refractivity contribution in [2.24, 2.45) is 0 Å². The van der Waals surface area contributed by atoms with Gasteiger partial charge in [-0.05, 0) is 19.3 Å². The van der Waals surface area contributed by atoms with Crippen LogP contribution in [-0.4, -0.2) is 42.6 Å². The highest BCUT2D eigenvalue weighted by Crippen LogP contribution is 2.19. The first-order valence-corrected chi connectivity index (χ1v) is 5.97. The van der Waals surface area contributed by atoms with Gasteiger partial charge in [-0.15, -0.1) is 0 Å². The number of carbonyl (C=O) groups is 1. The molecule has 1 saturated heterocycles. The molecule has 1 aliphatic rings. The molecule has 76 valence electrons. The Morgan fingerprint density at radius 3 is 2.46 bits per heavy atom. The quantitative estimate of drug-likeness (QED) is 0.685. The molecule has 0 radical (unpaired) electrons. The van der Waals surface area contributed by atoms with Crippen molar-refractivity contribution in [1.82, 2.24) is 4.31 Å². The maximum Gasteiger partial charge on any atom is 0.322 e. The number of nitrogens with zero attached hydrogens (tertiary/aromatic N) is 1. The van der Waals surface area contributed by atoms with E-state index in [0.717, 1.165) is 23.4 Å². The Hall–Kier alpha value is -0.620. The Kier molecular flexibility index (Phi) is 2.92. The van der Waals surface area contributed by atoms with Gasteiger partial charge in [-0.2, -0.15) is 4.31 Å². The third-order valence-electron chi connectivity index (χ3n) is 2.16. The van der Waals surface area contributed by atoms with Crippen LogP contribution in [-0.2, 0) is 14.8 Å². The minimum Gasteiger partial charge on any atom is -0.480 e. The van der Waals surface area contributed by atoms with Crippen LogP contribution in [0.15, 0.2) is 0 Å². The fourth-order valence-corrected chi connectivity index (χ4v) is 2.67. The molecule has 0 aromatic carbocycles. The molecule has 0 spiro atoms. The van der Waals surface area contributed by atoms with Crippen molar-refractivity contribution in [3.8, 4) is 0 Å². The van der Waals surface area contributed by atoms with Crippen molar-refractivity contribution < 1.29 is 18.3 Å². The maximum absolute atomic E-state index is 11.2. The van der Waals surface area contributed by atoms with Crippen molar-refractivity contribution in [3.05, 3.63) is 0 Å². The molecule has 5 nitrogen and oxygen atoms in total. The van der Waals surface area contributed by atoms with Crippen molar-refractivity contribution in [1.29, 1.82) is 0 Å². The van der Waals surface area contributed by atoms with Crippen LogP contribution < -0.4 is 0 Å². The molecule has 1 rings (SSSR count). The molecule has 0 aromatic rings. The number of carboxylic acids is 1. The first-order chi connectivity index (χ1) is 5.93. The predicted molar refractivity (Wildman–Crippen MR) is 46.8 cm³/mol. The van der Waals surface area contributed by atoms with E-state index in [-0.39, 0.29) is 0 Å². The summed E-state index contributed by atoms with van der Waals surface area (Å²) < 4.78 is 23.4. The van der Waals surface area contributed by atoms with E-state index in [4.69, 9.17) is 5.11 Å². The Morgan fingerprint density at radius 2 is 2.08 bits per heavy atom. The van der Waals surface area contributed by atoms with E-state index in [2.05, 4.69) is 0 Å². The molecule has 0 aromatic heterocycles. The average Bonchev–Trinajstić information content (AvgIpc) is 2.03. The van der Waals surface area contributed by atoms with E-state index < -0.39 is 22.0 Å². The molecule has 6 heteroatoms. The summed E-state index contributed by atoms with van der Waals surface area (Å²) in [4.78, 5) is 10.7. The second-order valence-corrected chi connectivity index (χ2v) is 5.16. The largest absolute Gasteiger partial charge is 0.480 e. The second-order valence-electron chi connectivity index (χ2n) is 3.22. The maximum atomic E-state index is 11.2. The number of rotatable bonds is 2. The molecule has 1 N–H and O–H groups in total. The van der Waals surface area contributed by atoms with Gasteiger partial charge in [0.05, 0.1) is 6.26 Å². The van der Waals surface area contributed by atoms with Crippen molar-refractivity contribution in [2.75, 3.05) is 12.8 Å². The number of piperidine rings is 1. The van der Waals surface area contributed by atoms with E-state index in [1.54, 1.807) is 0 Å². The Bertz CT molecular complexity index is 298. The zero-order chi connectivity index (χ0) is 10.1. The van der Waals surface area contributed by atoms with Crippen LogP contribution in [0.3, 0.4) is 0 Å². The number of hydrogen-bond acceptors (Lipinski definition) is 3. The molecule has 1 aliphatic heterocycles. The van der Waals surface area contributed by atoms with Gasteiger partial charge >= 0.3 is 5.97 Å². The average molecular weight is 207 g/mol. The summed E-state index contributed by atoms with van der Waals surface area (Å²) in [6.07, 6.45) is 3.00. The van der Waals surface area contributed by atoms with Gasteiger partial charge in [0.15, 0.2) is 0 Å². The normalized spacial score (nSPS) is 25.8. The number of aliphatic carboxylic acids is 1. The highest BCUT2D eigenvalue weighted by Gasteiger charge is 2.33. The fraction of sp³-hybridized carbons (Fsp3) is 0.857. The first-order valence-electron chi connectivity index (χ1n) is 4.12. The van der Waals surface area contributed by atoms with Gasteiger partial charge in [0.25, 0.3) is 0 Å². The summed E-state index contributed by atoms with van der Waals surface area (Å²) in [5, 5.41) is 8.77. The molecular formula is C7H13NO4S. The second kappa shape index (κ2) is 3.63. The third kappa shape index (κ3) is 2.41. The molecule has 0 aliphatic carbocycles. The van der Waals surface area contributed by atoms with Gasteiger partial charge < -0.3 is 5.11 Å². The third-order valence-corrected chi connectivity index (χ3v) is 3.45. The molecule has 0 bridgehead atoms. The first kappa shape index (κ1) is 10.5. The summed E-state index contributed by atoms with van der Waals surface area (Å²) >= 11 is 0. The van der Waals surface area contributed by atoms with Crippen LogP contribution in [0.5, 0.6) is 0 Å². The minimum atomic E-state index is -3.37. The standard InChI is InChI=1S/C7H13NO4S/c1-13(11,12)8-5-3-2-4-6(8)7(9)10/h6H,2-5H2,1H3,(H,9,10)/t6-/m0/s1. The van der Waals surface area contributed by atoms with Crippen LogP contribution >= 0.6 is 0 Å². The van der Waals surface area contributed by atoms with Crippen molar-refractivity contribution in [2.45, 2.75) is 25.3 Å². The van der Waals surface area contributed by atoms with Crippen molar-refractivity contribution >= 4 is 16.0 Å². The molecular weight excluding hydrogens is 194 g/mol. The van der Waals surface area contributed by atoms with Crippen LogP contribution in [0.1, 0.15) is 19.3 Å². The molecule has 1 fully saturated rings. The minimum absolute atomic E-state index is 0.329. The zero-order valence-electron chi connectivity index (χ0n) is 7.43. The van der Waals surface area contributed by atoms with Crippen LogP contribution in [0.2, 0.25) is 0 Å². The lowest BCUT2D eigenvalue weighted by Gasteiger charge is -2.30. The molecule has 0 amide bonds. The van der Waals surface area contributed by atoms with Gasteiger partial charge in [0, 0.05) is 6.54 Å². The monoisotopic (exact) mass is 207 g/mol. The van der Waals surface area contributed by atoms with Crippen LogP contribution in [0.4, 0.5) is 0 Å². The summed E-state index contributed by atoms with van der Waals surface area (Å²) in [6.45, 7) is 0.329. The van der Waals surface area contributed by atoms with Gasteiger partial charge in [-0.25, -0.2) is 8.42 Å². The molecule has 1 atom stereocenters. The lowest BCUT2D eigenvalue weighted by Crippen LogP contribution is -2.47. The Labute approximate surface area is 77.4 Å². The fourth-order valence-electron chi connectivity index (χ4n) is 1.55. The lowest BCUT2D eigenvalue weighted by atomic mass is 10.1. The number of sulfonamides is 1. The number of carboxylic acid groups (broad SMARTS) is 1. The predicted octanol–water partition coefficient (Wildman–Crippen LogP) is -0.115. The van der Waals surface area contributed by atoms with E-state index in [1.165, 1.54) is 0 Å². The smallest absolute Gasteiger partial charge is 0.322 e. The van der Waals surface area contributed by atoms with Crippen molar-refractivity contribution in [3.63, 3.8) is 0 Å². The van der Waals surface area contributed by atoms with E-state index in [0.29, 0.717) is 13.0 Å². The van der Waals surface area contributed by atoms with E-state index >= 15 is 0 Å². The van der Waals surface area contributed by atoms with Gasteiger partial charge in [-0.1, -0.05) is 0 Å². The SMILES string of the molecule is CS(=O)(=O)N1CCCC[C@H]1C(=O)O. The lowest BCUT2D eigenvalue weighted by molar-refractivity contribution is -0.142. The van der Waals surface area contributed by atoms with Crippen LogP contribution in [0.25, 0.3) is 0 Å². The van der Waals surface area contributed by atoms with Crippen LogP contribution in [0, 0.1) is 0 Å². The van der Waals surface area contributed by atoms with Gasteiger partial charge in [0.2, 0.25) is 10.0 Å². The summed E-state index contributed by atoms with van der Waals surface area (Å²) in [5.41, 5.74) is 0. The molecule has 1 heterocycles. The molecule has 0 saturated carbocycles. The number of hydrogen-bond donors (Lipinski definition) is 1. The Morgan fingerprint density at radius 1 is 1.46 bits per heavy atom.